The molecular weight excluding hydrogens is 166 g/mol. The fraction of sp³-hybridized carbons (Fsp3) is 0.800. The molecule has 0 aromatic rings. The van der Waals surface area contributed by atoms with Crippen molar-refractivity contribution in [2.24, 2.45) is 0 Å². The molecule has 0 aromatic carbocycles. The lowest BCUT2D eigenvalue weighted by Gasteiger charge is -2.13. The normalized spacial score (nSPS) is 13.2. The van der Waals surface area contributed by atoms with E-state index in [9.17, 15) is 5.11 Å². The van der Waals surface area contributed by atoms with Gasteiger partial charge in [-0.3, -0.25) is 0 Å². The van der Waals surface area contributed by atoms with Crippen LogP contribution in [0.25, 0.3) is 0 Å². The Balaban J connectivity index is 3.19. The minimum absolute atomic E-state index is 0.183. The highest BCUT2D eigenvalue weighted by Gasteiger charge is 2.03. The van der Waals surface area contributed by atoms with Gasteiger partial charge in [0.15, 0.2) is 0 Å². The van der Waals surface area contributed by atoms with Gasteiger partial charge in [-0.2, -0.15) is 0 Å². The molecule has 0 rings (SSSR count). The van der Waals surface area contributed by atoms with Gasteiger partial charge in [0.05, 0.1) is 18.8 Å². The number of hydrogen-bond acceptors (Lipinski definition) is 3. The highest BCUT2D eigenvalue weighted by molar-refractivity contribution is 4.68. The van der Waals surface area contributed by atoms with Crippen molar-refractivity contribution in [2.75, 3.05) is 19.7 Å². The first-order chi connectivity index (χ1) is 6.16. The van der Waals surface area contributed by atoms with Gasteiger partial charge >= 0.3 is 0 Å². The third-order valence-corrected chi connectivity index (χ3v) is 1.53. The minimum Gasteiger partial charge on any atom is -0.389 e. The molecule has 3 heteroatoms. The van der Waals surface area contributed by atoms with E-state index in [0.717, 1.165) is 13.0 Å². The highest BCUT2D eigenvalue weighted by atomic mass is 16.5. The maximum atomic E-state index is 9.38. The highest BCUT2D eigenvalue weighted by Crippen LogP contribution is 1.90. The van der Waals surface area contributed by atoms with Gasteiger partial charge in [-0.25, -0.2) is 0 Å². The summed E-state index contributed by atoms with van der Waals surface area (Å²) >= 11 is 0. The standard InChI is InChI=1S/C10H21NO2/c1-4-5-6-11-7-10(12)8-13-9(2)3/h4,9-12H,1,5-8H2,2-3H3. The van der Waals surface area contributed by atoms with Gasteiger partial charge in [-0.15, -0.1) is 6.58 Å². The fourth-order valence-electron chi connectivity index (χ4n) is 0.835. The molecule has 1 unspecified atom stereocenters. The molecule has 0 fully saturated rings. The van der Waals surface area contributed by atoms with Crippen molar-refractivity contribution >= 4 is 0 Å². The topological polar surface area (TPSA) is 41.5 Å². The number of ether oxygens (including phenoxy) is 1. The second-order valence-corrected chi connectivity index (χ2v) is 3.32. The summed E-state index contributed by atoms with van der Waals surface area (Å²) in [4.78, 5) is 0. The van der Waals surface area contributed by atoms with Gasteiger partial charge in [0, 0.05) is 6.54 Å². The molecule has 0 aliphatic carbocycles. The first-order valence-corrected chi connectivity index (χ1v) is 4.78. The molecular formula is C10H21NO2. The van der Waals surface area contributed by atoms with Gasteiger partial charge in [0.1, 0.15) is 0 Å². The second-order valence-electron chi connectivity index (χ2n) is 3.32. The zero-order valence-electron chi connectivity index (χ0n) is 8.62. The van der Waals surface area contributed by atoms with Crippen LogP contribution in [-0.4, -0.2) is 37.0 Å². The van der Waals surface area contributed by atoms with Crippen molar-refractivity contribution in [3.05, 3.63) is 12.7 Å². The van der Waals surface area contributed by atoms with Crippen LogP contribution in [0.2, 0.25) is 0 Å². The van der Waals surface area contributed by atoms with E-state index in [1.807, 2.05) is 19.9 Å². The SMILES string of the molecule is C=CCCNCC(O)COC(C)C. The summed E-state index contributed by atoms with van der Waals surface area (Å²) in [5, 5.41) is 12.5. The van der Waals surface area contributed by atoms with E-state index in [-0.39, 0.29) is 6.10 Å². The van der Waals surface area contributed by atoms with Gasteiger partial charge in [-0.1, -0.05) is 6.08 Å². The van der Waals surface area contributed by atoms with Crippen molar-refractivity contribution in [1.82, 2.24) is 5.32 Å². The molecule has 3 nitrogen and oxygen atoms in total. The van der Waals surface area contributed by atoms with Crippen LogP contribution in [0.15, 0.2) is 12.7 Å². The summed E-state index contributed by atoms with van der Waals surface area (Å²) in [5.41, 5.74) is 0. The Morgan fingerprint density at radius 3 is 2.77 bits per heavy atom. The molecule has 13 heavy (non-hydrogen) atoms. The first-order valence-electron chi connectivity index (χ1n) is 4.78. The molecule has 78 valence electrons. The van der Waals surface area contributed by atoms with Crippen LogP contribution in [0.4, 0.5) is 0 Å². The van der Waals surface area contributed by atoms with E-state index in [4.69, 9.17) is 4.74 Å². The van der Waals surface area contributed by atoms with E-state index in [1.54, 1.807) is 0 Å². The van der Waals surface area contributed by atoms with Crippen LogP contribution in [0.1, 0.15) is 20.3 Å². The van der Waals surface area contributed by atoms with Crippen LogP contribution in [0.3, 0.4) is 0 Å². The van der Waals surface area contributed by atoms with Crippen LogP contribution >= 0.6 is 0 Å². The monoisotopic (exact) mass is 187 g/mol. The molecule has 2 N–H and O–H groups in total. The fourth-order valence-corrected chi connectivity index (χ4v) is 0.835. The Labute approximate surface area is 80.8 Å². The van der Waals surface area contributed by atoms with Gasteiger partial charge < -0.3 is 15.2 Å². The lowest BCUT2D eigenvalue weighted by atomic mass is 10.3. The summed E-state index contributed by atoms with van der Waals surface area (Å²) < 4.78 is 5.25. The number of aliphatic hydroxyl groups excluding tert-OH is 1. The van der Waals surface area contributed by atoms with Crippen LogP contribution in [0.5, 0.6) is 0 Å². The zero-order valence-corrected chi connectivity index (χ0v) is 8.62. The van der Waals surface area contributed by atoms with E-state index in [0.29, 0.717) is 13.2 Å². The average Bonchev–Trinajstić information content (AvgIpc) is 2.09. The zero-order chi connectivity index (χ0) is 10.1. The average molecular weight is 187 g/mol. The third kappa shape index (κ3) is 9.53. The molecule has 0 aliphatic heterocycles. The summed E-state index contributed by atoms with van der Waals surface area (Å²) in [6, 6.07) is 0. The molecule has 0 amide bonds. The Kier molecular flexibility index (Phi) is 7.99. The molecule has 0 saturated heterocycles. The van der Waals surface area contributed by atoms with E-state index >= 15 is 0 Å². The van der Waals surface area contributed by atoms with E-state index in [1.165, 1.54) is 0 Å². The van der Waals surface area contributed by atoms with Gasteiger partial charge in [-0.05, 0) is 26.8 Å². The predicted octanol–water partition coefficient (Wildman–Crippen LogP) is 0.938. The van der Waals surface area contributed by atoms with E-state index in [2.05, 4.69) is 11.9 Å². The number of aliphatic hydroxyl groups is 1. The molecule has 0 aromatic heterocycles. The number of nitrogens with one attached hydrogen (secondary N) is 1. The van der Waals surface area contributed by atoms with Crippen molar-refractivity contribution < 1.29 is 9.84 Å². The minimum atomic E-state index is -0.410. The lowest BCUT2D eigenvalue weighted by Crippen LogP contribution is -2.31. The van der Waals surface area contributed by atoms with Crippen molar-refractivity contribution in [3.63, 3.8) is 0 Å². The molecule has 0 heterocycles. The summed E-state index contributed by atoms with van der Waals surface area (Å²) in [7, 11) is 0. The van der Waals surface area contributed by atoms with Crippen molar-refractivity contribution in [3.8, 4) is 0 Å². The Morgan fingerprint density at radius 1 is 1.54 bits per heavy atom. The van der Waals surface area contributed by atoms with Crippen molar-refractivity contribution in [2.45, 2.75) is 32.5 Å². The van der Waals surface area contributed by atoms with E-state index < -0.39 is 6.10 Å². The van der Waals surface area contributed by atoms with Crippen LogP contribution in [-0.2, 0) is 4.74 Å². The molecule has 0 aliphatic rings. The largest absolute Gasteiger partial charge is 0.389 e. The summed E-state index contributed by atoms with van der Waals surface area (Å²) in [6.07, 6.45) is 2.55. The van der Waals surface area contributed by atoms with Gasteiger partial charge in [0.2, 0.25) is 0 Å². The molecule has 0 spiro atoms. The molecule has 1 atom stereocenters. The Bertz CT molecular complexity index is 126. The summed E-state index contributed by atoms with van der Waals surface area (Å²) in [6.45, 7) is 9.37. The lowest BCUT2D eigenvalue weighted by molar-refractivity contribution is 0.00653. The third-order valence-electron chi connectivity index (χ3n) is 1.53. The summed E-state index contributed by atoms with van der Waals surface area (Å²) in [5.74, 6) is 0. The smallest absolute Gasteiger partial charge is 0.0897 e. The predicted molar refractivity (Wildman–Crippen MR) is 54.8 cm³/mol. The number of rotatable bonds is 8. The number of hydrogen-bond donors (Lipinski definition) is 2. The van der Waals surface area contributed by atoms with Crippen LogP contribution in [0, 0.1) is 0 Å². The Hall–Kier alpha value is -0.380. The molecule has 0 bridgehead atoms. The molecule has 0 radical (unpaired) electrons. The maximum absolute atomic E-state index is 9.38. The quantitative estimate of drug-likeness (QED) is 0.439. The molecule has 0 saturated carbocycles. The van der Waals surface area contributed by atoms with Gasteiger partial charge in [0.25, 0.3) is 0 Å². The Morgan fingerprint density at radius 2 is 2.23 bits per heavy atom. The second kappa shape index (κ2) is 8.23. The first kappa shape index (κ1) is 12.6. The van der Waals surface area contributed by atoms with Crippen molar-refractivity contribution in [1.29, 1.82) is 0 Å². The maximum Gasteiger partial charge on any atom is 0.0897 e. The van der Waals surface area contributed by atoms with Crippen LogP contribution < -0.4 is 5.32 Å².